The molecule has 1 atom stereocenters. The number of hydrogen-bond donors (Lipinski definition) is 1. The summed E-state index contributed by atoms with van der Waals surface area (Å²) >= 11 is 0. The predicted molar refractivity (Wildman–Crippen MR) is 59.2 cm³/mol. The minimum Gasteiger partial charge on any atom is -0.316 e. The van der Waals surface area contributed by atoms with E-state index in [-0.39, 0.29) is 5.92 Å². The van der Waals surface area contributed by atoms with Crippen LogP contribution >= 0.6 is 0 Å². The molecule has 1 heterocycles. The molecule has 1 aliphatic rings. The van der Waals surface area contributed by atoms with Gasteiger partial charge in [0, 0.05) is 12.3 Å². The van der Waals surface area contributed by atoms with Crippen LogP contribution in [0, 0.1) is 17.8 Å². The molecule has 2 nitrogen and oxygen atoms in total. The van der Waals surface area contributed by atoms with Crippen LogP contribution in [0.5, 0.6) is 0 Å². The first-order valence-electron chi connectivity index (χ1n) is 5.84. The third-order valence-corrected chi connectivity index (χ3v) is 3.23. The molecular formula is C12H23NO. The van der Waals surface area contributed by atoms with Gasteiger partial charge in [0.2, 0.25) is 0 Å². The van der Waals surface area contributed by atoms with E-state index < -0.39 is 0 Å². The van der Waals surface area contributed by atoms with Crippen LogP contribution in [0.3, 0.4) is 0 Å². The van der Waals surface area contributed by atoms with E-state index >= 15 is 0 Å². The van der Waals surface area contributed by atoms with Crippen LogP contribution < -0.4 is 5.32 Å². The Balaban J connectivity index is 2.13. The van der Waals surface area contributed by atoms with E-state index in [9.17, 15) is 4.79 Å². The van der Waals surface area contributed by atoms with E-state index in [0.29, 0.717) is 11.7 Å². The van der Waals surface area contributed by atoms with E-state index in [4.69, 9.17) is 0 Å². The molecule has 1 aliphatic heterocycles. The van der Waals surface area contributed by atoms with Crippen molar-refractivity contribution < 1.29 is 4.79 Å². The fraction of sp³-hybridized carbons (Fsp3) is 0.917. The standard InChI is InChI=1S/C12H23NO/c1-9(2)5-4-6-12(14)10(3)11-7-13-8-11/h9-11,13H,4-8H2,1-3H3. The maximum Gasteiger partial charge on any atom is 0.136 e. The van der Waals surface area contributed by atoms with Crippen LogP contribution in [0.2, 0.25) is 0 Å². The summed E-state index contributed by atoms with van der Waals surface area (Å²) in [4.78, 5) is 11.7. The van der Waals surface area contributed by atoms with Crippen LogP contribution in [-0.4, -0.2) is 18.9 Å². The summed E-state index contributed by atoms with van der Waals surface area (Å²) in [6.07, 6.45) is 3.04. The molecule has 0 amide bonds. The molecule has 0 aromatic heterocycles. The topological polar surface area (TPSA) is 29.1 Å². The molecule has 0 radical (unpaired) electrons. The molecular weight excluding hydrogens is 174 g/mol. The zero-order chi connectivity index (χ0) is 10.6. The average Bonchev–Trinajstić information content (AvgIpc) is 2.00. The fourth-order valence-electron chi connectivity index (χ4n) is 1.84. The van der Waals surface area contributed by atoms with Gasteiger partial charge in [-0.1, -0.05) is 27.2 Å². The Labute approximate surface area is 87.5 Å². The zero-order valence-corrected chi connectivity index (χ0v) is 9.68. The molecule has 1 saturated heterocycles. The number of carbonyl (C=O) groups is 1. The van der Waals surface area contributed by atoms with Gasteiger partial charge in [-0.15, -0.1) is 0 Å². The molecule has 0 spiro atoms. The minimum absolute atomic E-state index is 0.281. The second-order valence-electron chi connectivity index (χ2n) is 4.96. The van der Waals surface area contributed by atoms with Crippen molar-refractivity contribution in [1.29, 1.82) is 0 Å². The Morgan fingerprint density at radius 3 is 2.43 bits per heavy atom. The van der Waals surface area contributed by atoms with Crippen molar-refractivity contribution in [3.05, 3.63) is 0 Å². The van der Waals surface area contributed by atoms with Crippen molar-refractivity contribution in [3.63, 3.8) is 0 Å². The Morgan fingerprint density at radius 1 is 1.36 bits per heavy atom. The van der Waals surface area contributed by atoms with E-state index in [2.05, 4.69) is 26.1 Å². The highest BCUT2D eigenvalue weighted by Crippen LogP contribution is 2.19. The number of Topliss-reactive ketones (excluding diaryl/α,β-unsaturated/α-hetero) is 1. The van der Waals surface area contributed by atoms with Gasteiger partial charge in [0.25, 0.3) is 0 Å². The van der Waals surface area contributed by atoms with Gasteiger partial charge in [0.05, 0.1) is 0 Å². The molecule has 82 valence electrons. The number of ketones is 1. The highest BCUT2D eigenvalue weighted by molar-refractivity contribution is 5.81. The van der Waals surface area contributed by atoms with Gasteiger partial charge in [-0.25, -0.2) is 0 Å². The number of carbonyl (C=O) groups excluding carboxylic acids is 1. The lowest BCUT2D eigenvalue weighted by molar-refractivity contribution is -0.124. The quantitative estimate of drug-likeness (QED) is 0.707. The molecule has 1 rings (SSSR count). The molecule has 0 aromatic carbocycles. The summed E-state index contributed by atoms with van der Waals surface area (Å²) in [5, 5.41) is 3.22. The summed E-state index contributed by atoms with van der Waals surface area (Å²) in [5.41, 5.74) is 0. The molecule has 0 saturated carbocycles. The van der Waals surface area contributed by atoms with Crippen LogP contribution in [0.15, 0.2) is 0 Å². The highest BCUT2D eigenvalue weighted by atomic mass is 16.1. The molecule has 1 fully saturated rings. The van der Waals surface area contributed by atoms with Crippen molar-refractivity contribution in [3.8, 4) is 0 Å². The van der Waals surface area contributed by atoms with E-state index in [0.717, 1.165) is 31.8 Å². The Bertz CT molecular complexity index is 185. The molecule has 14 heavy (non-hydrogen) atoms. The zero-order valence-electron chi connectivity index (χ0n) is 9.68. The van der Waals surface area contributed by atoms with Gasteiger partial charge in [-0.2, -0.15) is 0 Å². The van der Waals surface area contributed by atoms with Crippen molar-refractivity contribution >= 4 is 5.78 Å². The smallest absolute Gasteiger partial charge is 0.136 e. The second kappa shape index (κ2) is 5.50. The summed E-state index contributed by atoms with van der Waals surface area (Å²) in [6.45, 7) is 8.59. The van der Waals surface area contributed by atoms with Crippen LogP contribution in [0.1, 0.15) is 40.0 Å². The number of hydrogen-bond acceptors (Lipinski definition) is 2. The average molecular weight is 197 g/mol. The fourth-order valence-corrected chi connectivity index (χ4v) is 1.84. The van der Waals surface area contributed by atoms with Crippen molar-refractivity contribution in [2.45, 2.75) is 40.0 Å². The largest absolute Gasteiger partial charge is 0.316 e. The van der Waals surface area contributed by atoms with Gasteiger partial charge in [-0.05, 0) is 31.3 Å². The van der Waals surface area contributed by atoms with E-state index in [1.165, 1.54) is 6.42 Å². The summed E-state index contributed by atoms with van der Waals surface area (Å²) in [6, 6.07) is 0. The van der Waals surface area contributed by atoms with Crippen LogP contribution in [-0.2, 0) is 4.79 Å². The maximum atomic E-state index is 11.7. The summed E-state index contributed by atoms with van der Waals surface area (Å²) in [7, 11) is 0. The Kier molecular flexibility index (Phi) is 4.59. The third-order valence-electron chi connectivity index (χ3n) is 3.23. The van der Waals surface area contributed by atoms with Gasteiger partial charge in [0.1, 0.15) is 5.78 Å². The van der Waals surface area contributed by atoms with E-state index in [1.54, 1.807) is 0 Å². The number of rotatable bonds is 6. The van der Waals surface area contributed by atoms with Crippen molar-refractivity contribution in [2.24, 2.45) is 17.8 Å². The van der Waals surface area contributed by atoms with Gasteiger partial charge in [-0.3, -0.25) is 4.79 Å². The third kappa shape index (κ3) is 3.41. The van der Waals surface area contributed by atoms with Gasteiger partial charge in [0.15, 0.2) is 0 Å². The molecule has 1 N–H and O–H groups in total. The lowest BCUT2D eigenvalue weighted by Crippen LogP contribution is -2.47. The monoisotopic (exact) mass is 197 g/mol. The first-order chi connectivity index (χ1) is 6.61. The van der Waals surface area contributed by atoms with Crippen molar-refractivity contribution in [2.75, 3.05) is 13.1 Å². The minimum atomic E-state index is 0.281. The SMILES string of the molecule is CC(C)CCCC(=O)C(C)C1CNC1. The molecule has 0 bridgehead atoms. The van der Waals surface area contributed by atoms with Gasteiger partial charge < -0.3 is 5.32 Å². The van der Waals surface area contributed by atoms with Crippen LogP contribution in [0.25, 0.3) is 0 Å². The van der Waals surface area contributed by atoms with Crippen LogP contribution in [0.4, 0.5) is 0 Å². The Morgan fingerprint density at radius 2 is 2.00 bits per heavy atom. The first-order valence-corrected chi connectivity index (χ1v) is 5.84. The van der Waals surface area contributed by atoms with Crippen molar-refractivity contribution in [1.82, 2.24) is 5.32 Å². The van der Waals surface area contributed by atoms with E-state index in [1.807, 2.05) is 0 Å². The molecule has 0 aliphatic carbocycles. The predicted octanol–water partition coefficient (Wildman–Crippen LogP) is 2.24. The molecule has 2 heteroatoms. The second-order valence-corrected chi connectivity index (χ2v) is 4.96. The summed E-state index contributed by atoms with van der Waals surface area (Å²) < 4.78 is 0. The molecule has 0 aromatic rings. The lowest BCUT2D eigenvalue weighted by atomic mass is 9.84. The highest BCUT2D eigenvalue weighted by Gasteiger charge is 2.27. The Hall–Kier alpha value is -0.370. The molecule has 1 unspecified atom stereocenters. The summed E-state index contributed by atoms with van der Waals surface area (Å²) in [5.74, 6) is 2.09. The number of nitrogens with one attached hydrogen (secondary N) is 1. The van der Waals surface area contributed by atoms with Gasteiger partial charge >= 0.3 is 0 Å². The maximum absolute atomic E-state index is 11.7. The lowest BCUT2D eigenvalue weighted by Gasteiger charge is -2.31. The normalized spacial score (nSPS) is 19.4. The first kappa shape index (κ1) is 11.7.